The number of nitrogens with zero attached hydrogens (tertiary/aromatic N) is 1. The summed E-state index contributed by atoms with van der Waals surface area (Å²) in [5, 5.41) is 1.62. The van der Waals surface area contributed by atoms with Gasteiger partial charge in [-0.3, -0.25) is 9.59 Å². The summed E-state index contributed by atoms with van der Waals surface area (Å²) in [5.74, 6) is -0.0177. The Morgan fingerprint density at radius 3 is 2.62 bits per heavy atom. The highest BCUT2D eigenvalue weighted by Gasteiger charge is 2.46. The number of H-pyrrole nitrogens is 1. The normalized spacial score (nSPS) is 22.4. The van der Waals surface area contributed by atoms with Gasteiger partial charge in [0.05, 0.1) is 0 Å². The zero-order chi connectivity index (χ0) is 11.2. The lowest BCUT2D eigenvalue weighted by Crippen LogP contribution is -2.57. The van der Waals surface area contributed by atoms with Gasteiger partial charge in [-0.2, -0.15) is 0 Å². The fourth-order valence-electron chi connectivity index (χ4n) is 2.90. The first-order valence-corrected chi connectivity index (χ1v) is 6.54. The Labute approximate surface area is 97.3 Å². The van der Waals surface area contributed by atoms with Crippen LogP contribution in [0.25, 0.3) is 0 Å². The van der Waals surface area contributed by atoms with E-state index in [0.717, 1.165) is 24.4 Å². The van der Waals surface area contributed by atoms with Gasteiger partial charge in [-0.1, -0.05) is 24.2 Å². The number of carbonyl (C=O) groups is 1. The molecule has 1 spiro atoms. The van der Waals surface area contributed by atoms with E-state index in [1.807, 2.05) is 4.90 Å². The summed E-state index contributed by atoms with van der Waals surface area (Å²) in [6.45, 7) is 1.76. The minimum atomic E-state index is -0.153. The highest BCUT2D eigenvalue weighted by atomic mass is 32.1. The predicted octanol–water partition coefficient (Wildman–Crippen LogP) is 1.45. The molecule has 0 bridgehead atoms. The predicted molar refractivity (Wildman–Crippen MR) is 61.7 cm³/mol. The van der Waals surface area contributed by atoms with Gasteiger partial charge in [0.15, 0.2) is 0 Å². The van der Waals surface area contributed by atoms with Gasteiger partial charge in [0.2, 0.25) is 0 Å². The first-order chi connectivity index (χ1) is 7.69. The van der Waals surface area contributed by atoms with E-state index in [-0.39, 0.29) is 10.8 Å². The van der Waals surface area contributed by atoms with E-state index >= 15 is 0 Å². The summed E-state index contributed by atoms with van der Waals surface area (Å²) >= 11 is 1.05. The number of likely N-dealkylation sites (tertiary alicyclic amines) is 1. The van der Waals surface area contributed by atoms with Crippen LogP contribution in [0.2, 0.25) is 0 Å². The van der Waals surface area contributed by atoms with Crippen LogP contribution in [0.4, 0.5) is 0 Å². The van der Waals surface area contributed by atoms with Gasteiger partial charge >= 0.3 is 4.87 Å². The third kappa shape index (κ3) is 1.50. The van der Waals surface area contributed by atoms with Crippen molar-refractivity contribution in [3.05, 3.63) is 20.7 Å². The van der Waals surface area contributed by atoms with Crippen molar-refractivity contribution in [3.8, 4) is 0 Å². The van der Waals surface area contributed by atoms with Gasteiger partial charge in [0.1, 0.15) is 5.69 Å². The maximum Gasteiger partial charge on any atom is 0.305 e. The van der Waals surface area contributed by atoms with Crippen LogP contribution in [-0.2, 0) is 0 Å². The summed E-state index contributed by atoms with van der Waals surface area (Å²) in [6.07, 6.45) is 5.13. The summed E-state index contributed by atoms with van der Waals surface area (Å²) in [4.78, 5) is 27.2. The smallest absolute Gasteiger partial charge is 0.305 e. The lowest BCUT2D eigenvalue weighted by Gasteiger charge is -2.48. The van der Waals surface area contributed by atoms with E-state index in [0.29, 0.717) is 11.1 Å². The zero-order valence-corrected chi connectivity index (χ0v) is 9.81. The van der Waals surface area contributed by atoms with Crippen LogP contribution >= 0.6 is 11.3 Å². The molecule has 1 saturated carbocycles. The van der Waals surface area contributed by atoms with E-state index in [4.69, 9.17) is 0 Å². The summed E-state index contributed by atoms with van der Waals surface area (Å²) in [6, 6.07) is 0. The molecule has 2 fully saturated rings. The fraction of sp³-hybridized carbons (Fsp3) is 0.636. The molecular formula is C11H14N2O2S. The zero-order valence-electron chi connectivity index (χ0n) is 8.99. The van der Waals surface area contributed by atoms with Crippen LogP contribution < -0.4 is 4.87 Å². The maximum absolute atomic E-state index is 11.9. The van der Waals surface area contributed by atoms with Gasteiger partial charge in [0.25, 0.3) is 5.91 Å². The van der Waals surface area contributed by atoms with Crippen LogP contribution in [0.15, 0.2) is 10.2 Å². The number of aromatic amines is 1. The molecule has 1 amide bonds. The van der Waals surface area contributed by atoms with Crippen molar-refractivity contribution in [1.29, 1.82) is 0 Å². The van der Waals surface area contributed by atoms with Crippen LogP contribution in [0.3, 0.4) is 0 Å². The molecule has 1 saturated heterocycles. The number of hydrogen-bond acceptors (Lipinski definition) is 3. The third-order valence-electron chi connectivity index (χ3n) is 3.75. The number of nitrogens with one attached hydrogen (secondary N) is 1. The van der Waals surface area contributed by atoms with E-state index in [1.54, 1.807) is 5.38 Å². The second-order valence-corrected chi connectivity index (χ2v) is 5.77. The number of rotatable bonds is 1. The standard InChI is InChI=1S/C11H14N2O2S/c14-9(8-5-16-10(15)12-8)13-6-11(7-13)3-1-2-4-11/h5H,1-4,6-7H2,(H,12,15). The molecular weight excluding hydrogens is 224 g/mol. The molecule has 86 valence electrons. The molecule has 1 aromatic rings. The second kappa shape index (κ2) is 3.45. The first-order valence-electron chi connectivity index (χ1n) is 5.66. The Kier molecular flexibility index (Phi) is 2.17. The monoisotopic (exact) mass is 238 g/mol. The number of amides is 1. The van der Waals surface area contributed by atoms with Crippen molar-refractivity contribution in [2.45, 2.75) is 25.7 Å². The molecule has 1 aromatic heterocycles. The Morgan fingerprint density at radius 1 is 1.38 bits per heavy atom. The highest BCUT2D eigenvalue weighted by Crippen LogP contribution is 2.45. The van der Waals surface area contributed by atoms with Crippen molar-refractivity contribution < 1.29 is 4.79 Å². The maximum atomic E-state index is 11.9. The molecule has 2 heterocycles. The van der Waals surface area contributed by atoms with E-state index in [1.165, 1.54) is 25.7 Å². The van der Waals surface area contributed by atoms with Crippen molar-refractivity contribution in [1.82, 2.24) is 9.88 Å². The molecule has 3 rings (SSSR count). The molecule has 4 nitrogen and oxygen atoms in total. The van der Waals surface area contributed by atoms with Crippen molar-refractivity contribution in [3.63, 3.8) is 0 Å². The SMILES string of the molecule is O=C(c1csc(=O)[nH]1)N1CC2(CCCC2)C1. The molecule has 0 radical (unpaired) electrons. The van der Waals surface area contributed by atoms with Crippen LogP contribution in [-0.4, -0.2) is 28.9 Å². The Morgan fingerprint density at radius 2 is 2.06 bits per heavy atom. The average Bonchev–Trinajstić information content (AvgIpc) is 2.82. The number of thiazole rings is 1. The first kappa shape index (κ1) is 10.1. The highest BCUT2D eigenvalue weighted by molar-refractivity contribution is 7.07. The van der Waals surface area contributed by atoms with Gasteiger partial charge < -0.3 is 9.88 Å². The van der Waals surface area contributed by atoms with E-state index in [2.05, 4.69) is 4.98 Å². The molecule has 1 N–H and O–H groups in total. The minimum Gasteiger partial charge on any atom is -0.336 e. The lowest BCUT2D eigenvalue weighted by atomic mass is 9.78. The van der Waals surface area contributed by atoms with Crippen molar-refractivity contribution in [2.24, 2.45) is 5.41 Å². The molecule has 0 atom stereocenters. The van der Waals surface area contributed by atoms with E-state index in [9.17, 15) is 9.59 Å². The van der Waals surface area contributed by atoms with Gasteiger partial charge in [-0.05, 0) is 12.8 Å². The van der Waals surface area contributed by atoms with Crippen molar-refractivity contribution >= 4 is 17.2 Å². The molecule has 1 aliphatic heterocycles. The molecule has 1 aliphatic carbocycles. The molecule has 16 heavy (non-hydrogen) atoms. The minimum absolute atomic E-state index is 0.0177. The van der Waals surface area contributed by atoms with Gasteiger partial charge in [-0.25, -0.2) is 0 Å². The Balaban J connectivity index is 1.68. The quantitative estimate of drug-likeness (QED) is 0.805. The van der Waals surface area contributed by atoms with E-state index < -0.39 is 0 Å². The van der Waals surface area contributed by atoms with Crippen LogP contribution in [0.5, 0.6) is 0 Å². The molecule has 5 heteroatoms. The Hall–Kier alpha value is -1.10. The summed E-state index contributed by atoms with van der Waals surface area (Å²) < 4.78 is 0. The average molecular weight is 238 g/mol. The summed E-state index contributed by atoms with van der Waals surface area (Å²) in [5.41, 5.74) is 0.870. The topological polar surface area (TPSA) is 53.2 Å². The molecule has 2 aliphatic rings. The lowest BCUT2D eigenvalue weighted by molar-refractivity contribution is 0.00891. The number of carbonyl (C=O) groups excluding carboxylic acids is 1. The van der Waals surface area contributed by atoms with Crippen LogP contribution in [0, 0.1) is 5.41 Å². The number of aromatic nitrogens is 1. The number of hydrogen-bond donors (Lipinski definition) is 1. The fourth-order valence-corrected chi connectivity index (χ4v) is 3.46. The second-order valence-electron chi connectivity index (χ2n) is 4.93. The molecule has 0 aromatic carbocycles. The third-order valence-corrected chi connectivity index (χ3v) is 4.42. The largest absolute Gasteiger partial charge is 0.336 e. The van der Waals surface area contributed by atoms with Crippen molar-refractivity contribution in [2.75, 3.05) is 13.1 Å². The van der Waals surface area contributed by atoms with Crippen LogP contribution in [0.1, 0.15) is 36.2 Å². The summed E-state index contributed by atoms with van der Waals surface area (Å²) in [7, 11) is 0. The van der Waals surface area contributed by atoms with Gasteiger partial charge in [0, 0.05) is 23.9 Å². The molecule has 0 unspecified atom stereocenters. The van der Waals surface area contributed by atoms with Gasteiger partial charge in [-0.15, -0.1) is 0 Å². The Bertz CT molecular complexity index is 462.